The van der Waals surface area contributed by atoms with Crippen LogP contribution in [0.5, 0.6) is 0 Å². The van der Waals surface area contributed by atoms with Crippen molar-refractivity contribution in [2.45, 2.75) is 12.8 Å². The Kier molecular flexibility index (Phi) is 5.84. The fourth-order valence-corrected chi connectivity index (χ4v) is 3.95. The highest BCUT2D eigenvalue weighted by Crippen LogP contribution is 2.30. The number of hydrogen-bond donors (Lipinski definition) is 3. The molecular weight excluding hydrogens is 398 g/mol. The highest BCUT2D eigenvalue weighted by atomic mass is 35.5. The SMILES string of the molecule is Cc1c(Cl)cccc1NC(=S)NC[C@H](c1ccccc1)c1c[nH]c2ccccc12. The Bertz CT molecular complexity index is 1140. The number of para-hydroxylation sites is 1. The van der Waals surface area contributed by atoms with Gasteiger partial charge in [-0.15, -0.1) is 0 Å². The summed E-state index contributed by atoms with van der Waals surface area (Å²) in [5.74, 6) is 0.160. The molecule has 1 aromatic heterocycles. The van der Waals surface area contributed by atoms with Crippen LogP contribution < -0.4 is 10.6 Å². The van der Waals surface area contributed by atoms with E-state index in [2.05, 4.69) is 64.3 Å². The fraction of sp³-hybridized carbons (Fsp3) is 0.125. The van der Waals surface area contributed by atoms with Gasteiger partial charge in [-0.3, -0.25) is 0 Å². The van der Waals surface area contributed by atoms with Gasteiger partial charge in [-0.1, -0.05) is 66.2 Å². The zero-order chi connectivity index (χ0) is 20.2. The minimum Gasteiger partial charge on any atom is -0.361 e. The number of fused-ring (bicyclic) bond motifs is 1. The molecule has 146 valence electrons. The van der Waals surface area contributed by atoms with Crippen LogP contribution in [0.2, 0.25) is 5.02 Å². The van der Waals surface area contributed by atoms with Crippen molar-refractivity contribution in [3.8, 4) is 0 Å². The van der Waals surface area contributed by atoms with Gasteiger partial charge in [0.05, 0.1) is 0 Å². The van der Waals surface area contributed by atoms with E-state index < -0.39 is 0 Å². The Balaban J connectivity index is 1.56. The second-order valence-corrected chi connectivity index (χ2v) is 7.82. The van der Waals surface area contributed by atoms with E-state index in [9.17, 15) is 0 Å². The van der Waals surface area contributed by atoms with Gasteiger partial charge in [0.15, 0.2) is 5.11 Å². The predicted octanol–water partition coefficient (Wildman–Crippen LogP) is 6.25. The van der Waals surface area contributed by atoms with E-state index in [0.29, 0.717) is 11.7 Å². The first kappa shape index (κ1) is 19.5. The average Bonchev–Trinajstić information content (AvgIpc) is 3.16. The molecule has 3 aromatic carbocycles. The van der Waals surface area contributed by atoms with Gasteiger partial charge >= 0.3 is 0 Å². The summed E-state index contributed by atoms with van der Waals surface area (Å²) >= 11 is 11.8. The molecule has 4 rings (SSSR count). The van der Waals surface area contributed by atoms with Crippen molar-refractivity contribution in [2.24, 2.45) is 0 Å². The van der Waals surface area contributed by atoms with Gasteiger partial charge in [-0.2, -0.15) is 0 Å². The number of H-pyrrole nitrogens is 1. The van der Waals surface area contributed by atoms with Crippen molar-refractivity contribution in [2.75, 3.05) is 11.9 Å². The maximum Gasteiger partial charge on any atom is 0.170 e. The lowest BCUT2D eigenvalue weighted by Gasteiger charge is -2.20. The molecule has 0 fully saturated rings. The first-order valence-corrected chi connectivity index (χ1v) is 10.3. The molecule has 3 N–H and O–H groups in total. The Morgan fingerprint density at radius 2 is 1.76 bits per heavy atom. The number of anilines is 1. The van der Waals surface area contributed by atoms with Gasteiger partial charge in [0.25, 0.3) is 0 Å². The summed E-state index contributed by atoms with van der Waals surface area (Å²) in [4.78, 5) is 3.39. The molecule has 5 heteroatoms. The van der Waals surface area contributed by atoms with Gasteiger partial charge < -0.3 is 15.6 Å². The second-order valence-electron chi connectivity index (χ2n) is 7.00. The molecule has 29 heavy (non-hydrogen) atoms. The van der Waals surface area contributed by atoms with Crippen LogP contribution in [0.25, 0.3) is 10.9 Å². The molecule has 0 radical (unpaired) electrons. The Morgan fingerprint density at radius 1 is 1.00 bits per heavy atom. The molecule has 1 atom stereocenters. The Hall–Kier alpha value is -2.82. The molecule has 1 heterocycles. The number of halogens is 1. The van der Waals surface area contributed by atoms with E-state index in [0.717, 1.165) is 21.8 Å². The summed E-state index contributed by atoms with van der Waals surface area (Å²) in [7, 11) is 0. The third-order valence-electron chi connectivity index (χ3n) is 5.18. The Morgan fingerprint density at radius 3 is 2.59 bits per heavy atom. The molecule has 0 spiro atoms. The fourth-order valence-electron chi connectivity index (χ4n) is 3.58. The molecule has 0 bridgehead atoms. The normalized spacial score (nSPS) is 11.9. The highest BCUT2D eigenvalue weighted by molar-refractivity contribution is 7.80. The van der Waals surface area contributed by atoms with Crippen molar-refractivity contribution in [3.05, 3.63) is 101 Å². The van der Waals surface area contributed by atoms with E-state index in [-0.39, 0.29) is 5.92 Å². The minimum absolute atomic E-state index is 0.160. The zero-order valence-electron chi connectivity index (χ0n) is 16.1. The molecule has 4 aromatic rings. The maximum absolute atomic E-state index is 6.22. The second kappa shape index (κ2) is 8.68. The summed E-state index contributed by atoms with van der Waals surface area (Å²) in [5, 5.41) is 9.19. The molecule has 0 amide bonds. The Labute approximate surface area is 181 Å². The summed E-state index contributed by atoms with van der Waals surface area (Å²) in [6.07, 6.45) is 2.10. The standard InChI is InChI=1S/C24H22ClN3S/c1-16-21(25)11-7-13-22(16)28-24(29)27-14-19(17-8-3-2-4-9-17)20-15-26-23-12-6-5-10-18(20)23/h2-13,15,19,26H,14H2,1H3,(H2,27,28,29)/t19-/m1/s1. The molecule has 0 saturated heterocycles. The molecule has 0 unspecified atom stereocenters. The molecular formula is C24H22ClN3S. The van der Waals surface area contributed by atoms with E-state index >= 15 is 0 Å². The van der Waals surface area contributed by atoms with Crippen LogP contribution >= 0.6 is 23.8 Å². The van der Waals surface area contributed by atoms with Gasteiger partial charge in [-0.25, -0.2) is 0 Å². The third-order valence-corrected chi connectivity index (χ3v) is 5.84. The van der Waals surface area contributed by atoms with E-state index in [1.54, 1.807) is 0 Å². The summed E-state index contributed by atoms with van der Waals surface area (Å²) in [5.41, 5.74) is 5.53. The topological polar surface area (TPSA) is 39.8 Å². The van der Waals surface area contributed by atoms with E-state index in [4.69, 9.17) is 23.8 Å². The highest BCUT2D eigenvalue weighted by Gasteiger charge is 2.18. The third kappa shape index (κ3) is 4.29. The van der Waals surface area contributed by atoms with Gasteiger partial charge in [0.2, 0.25) is 0 Å². The van der Waals surface area contributed by atoms with Crippen molar-refractivity contribution < 1.29 is 0 Å². The lowest BCUT2D eigenvalue weighted by molar-refractivity contribution is 0.766. The monoisotopic (exact) mass is 419 g/mol. The molecule has 0 saturated carbocycles. The van der Waals surface area contributed by atoms with E-state index in [1.807, 2.05) is 37.3 Å². The average molecular weight is 420 g/mol. The number of benzene rings is 3. The number of rotatable bonds is 5. The summed E-state index contributed by atoms with van der Waals surface area (Å²) in [6.45, 7) is 2.66. The van der Waals surface area contributed by atoms with Gasteiger partial charge in [0.1, 0.15) is 0 Å². The van der Waals surface area contributed by atoms with Crippen LogP contribution in [-0.4, -0.2) is 16.6 Å². The largest absolute Gasteiger partial charge is 0.361 e. The zero-order valence-corrected chi connectivity index (χ0v) is 17.6. The van der Waals surface area contributed by atoms with E-state index in [1.165, 1.54) is 16.5 Å². The lowest BCUT2D eigenvalue weighted by Crippen LogP contribution is -2.32. The van der Waals surface area contributed by atoms with Crippen molar-refractivity contribution in [3.63, 3.8) is 0 Å². The van der Waals surface area contributed by atoms with Crippen LogP contribution in [0.1, 0.15) is 22.6 Å². The molecule has 0 aliphatic heterocycles. The quantitative estimate of drug-likeness (QED) is 0.335. The van der Waals surface area contributed by atoms with Crippen LogP contribution in [0, 0.1) is 6.92 Å². The van der Waals surface area contributed by atoms with Crippen LogP contribution in [0.4, 0.5) is 5.69 Å². The number of hydrogen-bond acceptors (Lipinski definition) is 1. The molecule has 0 aliphatic rings. The first-order chi connectivity index (χ1) is 14.1. The molecule has 0 aliphatic carbocycles. The minimum atomic E-state index is 0.160. The number of nitrogens with one attached hydrogen (secondary N) is 3. The number of aromatic amines is 1. The number of aromatic nitrogens is 1. The van der Waals surface area contributed by atoms with Gasteiger partial charge in [0, 0.05) is 40.3 Å². The smallest absolute Gasteiger partial charge is 0.170 e. The van der Waals surface area contributed by atoms with Gasteiger partial charge in [-0.05, 0) is 54.0 Å². The van der Waals surface area contributed by atoms with Crippen LogP contribution in [-0.2, 0) is 0 Å². The lowest BCUT2D eigenvalue weighted by atomic mass is 9.91. The van der Waals surface area contributed by atoms with Crippen LogP contribution in [0.3, 0.4) is 0 Å². The van der Waals surface area contributed by atoms with Crippen molar-refractivity contribution in [1.82, 2.24) is 10.3 Å². The van der Waals surface area contributed by atoms with Crippen molar-refractivity contribution >= 4 is 45.5 Å². The van der Waals surface area contributed by atoms with Crippen LogP contribution in [0.15, 0.2) is 79.0 Å². The number of thiocarbonyl (C=S) groups is 1. The van der Waals surface area contributed by atoms with Crippen molar-refractivity contribution in [1.29, 1.82) is 0 Å². The summed E-state index contributed by atoms with van der Waals surface area (Å²) < 4.78 is 0. The molecule has 3 nitrogen and oxygen atoms in total. The summed E-state index contributed by atoms with van der Waals surface area (Å²) in [6, 6.07) is 24.6. The maximum atomic E-state index is 6.22. The first-order valence-electron chi connectivity index (χ1n) is 9.54. The predicted molar refractivity (Wildman–Crippen MR) is 127 cm³/mol.